The third kappa shape index (κ3) is 2.39. The van der Waals surface area contributed by atoms with Gasteiger partial charge in [-0.1, -0.05) is 6.07 Å². The van der Waals surface area contributed by atoms with Crippen molar-refractivity contribution >= 4 is 15.7 Å². The van der Waals surface area contributed by atoms with Crippen LogP contribution in [0.4, 0.5) is 5.69 Å². The number of aromatic hydroxyl groups is 1. The Morgan fingerprint density at radius 2 is 2.18 bits per heavy atom. The van der Waals surface area contributed by atoms with Crippen molar-refractivity contribution in [2.75, 3.05) is 4.72 Å². The third-order valence-corrected chi connectivity index (χ3v) is 3.53. The van der Waals surface area contributed by atoms with Gasteiger partial charge in [-0.15, -0.1) is 0 Å². The van der Waals surface area contributed by atoms with Crippen molar-refractivity contribution in [3.63, 3.8) is 0 Å². The summed E-state index contributed by atoms with van der Waals surface area (Å²) in [4.78, 5) is 6.14. The average Bonchev–Trinajstić information content (AvgIpc) is 2.77. The molecule has 0 aliphatic heterocycles. The number of phenolic OH excluding ortho intramolecular Hbond substituents is 1. The lowest BCUT2D eigenvalue weighted by atomic mass is 10.2. The number of anilines is 1. The van der Waals surface area contributed by atoms with Crippen LogP contribution in [0.5, 0.6) is 5.75 Å². The number of sulfonamides is 1. The van der Waals surface area contributed by atoms with E-state index >= 15 is 0 Å². The second-order valence-corrected chi connectivity index (χ2v) is 5.17. The Balaban J connectivity index is 2.30. The zero-order chi connectivity index (χ0) is 12.5. The van der Waals surface area contributed by atoms with Crippen LogP contribution in [-0.2, 0) is 10.0 Å². The Bertz CT molecular complexity index is 620. The molecule has 17 heavy (non-hydrogen) atoms. The Labute approximate surface area is 98.4 Å². The van der Waals surface area contributed by atoms with E-state index < -0.39 is 10.0 Å². The first-order valence-corrected chi connectivity index (χ1v) is 6.28. The molecule has 0 spiro atoms. The van der Waals surface area contributed by atoms with E-state index in [1.807, 2.05) is 0 Å². The van der Waals surface area contributed by atoms with Gasteiger partial charge < -0.3 is 10.1 Å². The summed E-state index contributed by atoms with van der Waals surface area (Å²) in [6, 6.07) is 4.55. The summed E-state index contributed by atoms with van der Waals surface area (Å²) in [6.07, 6.45) is 2.48. The van der Waals surface area contributed by atoms with E-state index in [9.17, 15) is 13.5 Å². The number of imidazole rings is 1. The number of benzene rings is 1. The Morgan fingerprint density at radius 3 is 2.76 bits per heavy atom. The van der Waals surface area contributed by atoms with Crippen LogP contribution in [0.2, 0.25) is 0 Å². The standard InChI is InChI=1S/C10H11N3O3S/c1-7-2-3-8(4-9(7)14)13-17(15,16)10-5-11-6-12-10/h2-6,13-14H,1H3,(H,11,12). The fourth-order valence-electron chi connectivity index (χ4n) is 1.27. The number of rotatable bonds is 3. The molecule has 0 amide bonds. The zero-order valence-corrected chi connectivity index (χ0v) is 9.82. The second-order valence-electron chi connectivity index (χ2n) is 3.52. The summed E-state index contributed by atoms with van der Waals surface area (Å²) in [5.41, 5.74) is 0.970. The molecule has 3 N–H and O–H groups in total. The van der Waals surface area contributed by atoms with Crippen molar-refractivity contribution in [3.05, 3.63) is 36.3 Å². The van der Waals surface area contributed by atoms with Gasteiger partial charge >= 0.3 is 0 Å². The minimum absolute atomic E-state index is 0.0300. The molecule has 1 heterocycles. The van der Waals surface area contributed by atoms with E-state index in [0.717, 1.165) is 0 Å². The van der Waals surface area contributed by atoms with Gasteiger partial charge in [0.2, 0.25) is 0 Å². The maximum absolute atomic E-state index is 11.8. The van der Waals surface area contributed by atoms with Gasteiger partial charge in [0.05, 0.1) is 18.2 Å². The van der Waals surface area contributed by atoms with Crippen LogP contribution in [0.3, 0.4) is 0 Å². The van der Waals surface area contributed by atoms with E-state index in [1.54, 1.807) is 19.1 Å². The van der Waals surface area contributed by atoms with Crippen LogP contribution in [0.25, 0.3) is 0 Å². The number of phenols is 1. The highest BCUT2D eigenvalue weighted by Gasteiger charge is 2.15. The van der Waals surface area contributed by atoms with Crippen LogP contribution >= 0.6 is 0 Å². The van der Waals surface area contributed by atoms with E-state index in [-0.39, 0.29) is 10.8 Å². The van der Waals surface area contributed by atoms with Crippen molar-refractivity contribution in [1.82, 2.24) is 9.97 Å². The first kappa shape index (κ1) is 11.5. The molecule has 7 heteroatoms. The lowest BCUT2D eigenvalue weighted by Gasteiger charge is -2.07. The number of hydrogen-bond acceptors (Lipinski definition) is 4. The van der Waals surface area contributed by atoms with Crippen molar-refractivity contribution in [1.29, 1.82) is 0 Å². The fourth-order valence-corrected chi connectivity index (χ4v) is 2.23. The average molecular weight is 253 g/mol. The van der Waals surface area contributed by atoms with Crippen molar-refractivity contribution in [2.45, 2.75) is 11.9 Å². The molecule has 0 unspecified atom stereocenters. The maximum Gasteiger partial charge on any atom is 0.278 e. The van der Waals surface area contributed by atoms with E-state index in [0.29, 0.717) is 11.3 Å². The van der Waals surface area contributed by atoms with Crippen molar-refractivity contribution in [2.24, 2.45) is 0 Å². The third-order valence-electron chi connectivity index (χ3n) is 2.22. The number of hydrogen-bond donors (Lipinski definition) is 3. The molecule has 90 valence electrons. The molecular formula is C10H11N3O3S. The summed E-state index contributed by atoms with van der Waals surface area (Å²) in [5.74, 6) is 0.0369. The second kappa shape index (κ2) is 4.10. The summed E-state index contributed by atoms with van der Waals surface area (Å²) in [5, 5.41) is 9.44. The van der Waals surface area contributed by atoms with Crippen molar-refractivity contribution in [3.8, 4) is 5.75 Å². The highest BCUT2D eigenvalue weighted by atomic mass is 32.2. The minimum atomic E-state index is -3.68. The number of H-pyrrole nitrogens is 1. The monoisotopic (exact) mass is 253 g/mol. The van der Waals surface area contributed by atoms with E-state index in [2.05, 4.69) is 14.7 Å². The number of aryl methyl sites for hydroxylation is 1. The van der Waals surface area contributed by atoms with Crippen LogP contribution in [0, 0.1) is 6.92 Å². The summed E-state index contributed by atoms with van der Waals surface area (Å²) < 4.78 is 25.9. The number of aromatic amines is 1. The summed E-state index contributed by atoms with van der Waals surface area (Å²) in [7, 11) is -3.68. The lowest BCUT2D eigenvalue weighted by Crippen LogP contribution is -2.13. The highest BCUT2D eigenvalue weighted by Crippen LogP contribution is 2.22. The minimum Gasteiger partial charge on any atom is -0.508 e. The molecule has 0 bridgehead atoms. The van der Waals surface area contributed by atoms with Gasteiger partial charge in [-0.25, -0.2) is 4.98 Å². The van der Waals surface area contributed by atoms with Gasteiger partial charge in [-0.2, -0.15) is 8.42 Å². The van der Waals surface area contributed by atoms with Gasteiger partial charge in [0.1, 0.15) is 5.75 Å². The maximum atomic E-state index is 11.8. The number of aromatic nitrogens is 2. The summed E-state index contributed by atoms with van der Waals surface area (Å²) in [6.45, 7) is 1.72. The fraction of sp³-hybridized carbons (Fsp3) is 0.100. The van der Waals surface area contributed by atoms with Gasteiger partial charge in [0, 0.05) is 6.07 Å². The normalized spacial score (nSPS) is 11.4. The SMILES string of the molecule is Cc1ccc(NS(=O)(=O)c2cnc[nH]2)cc1O. The Morgan fingerprint density at radius 1 is 1.41 bits per heavy atom. The van der Waals surface area contributed by atoms with Gasteiger partial charge in [-0.3, -0.25) is 4.72 Å². The van der Waals surface area contributed by atoms with Crippen LogP contribution in [-0.4, -0.2) is 23.5 Å². The molecule has 0 radical (unpaired) electrons. The van der Waals surface area contributed by atoms with Crippen LogP contribution in [0.1, 0.15) is 5.56 Å². The molecule has 0 saturated carbocycles. The molecule has 2 aromatic rings. The van der Waals surface area contributed by atoms with Gasteiger partial charge in [-0.05, 0) is 18.6 Å². The highest BCUT2D eigenvalue weighted by molar-refractivity contribution is 7.92. The molecule has 0 aliphatic carbocycles. The van der Waals surface area contributed by atoms with E-state index in [1.165, 1.54) is 18.6 Å². The first-order chi connectivity index (χ1) is 7.99. The van der Waals surface area contributed by atoms with Crippen LogP contribution in [0.15, 0.2) is 35.7 Å². The predicted octanol–water partition coefficient (Wildman–Crippen LogP) is 1.22. The molecule has 6 nitrogen and oxygen atoms in total. The molecule has 0 saturated heterocycles. The van der Waals surface area contributed by atoms with Crippen molar-refractivity contribution < 1.29 is 13.5 Å². The molecule has 1 aromatic carbocycles. The Hall–Kier alpha value is -2.02. The van der Waals surface area contributed by atoms with Crippen LogP contribution < -0.4 is 4.72 Å². The predicted molar refractivity (Wildman–Crippen MR) is 62.2 cm³/mol. The molecule has 0 fully saturated rings. The zero-order valence-electron chi connectivity index (χ0n) is 9.01. The molecular weight excluding hydrogens is 242 g/mol. The van der Waals surface area contributed by atoms with E-state index in [4.69, 9.17) is 0 Å². The quantitative estimate of drug-likeness (QED) is 0.766. The summed E-state index contributed by atoms with van der Waals surface area (Å²) >= 11 is 0. The largest absolute Gasteiger partial charge is 0.508 e. The van der Waals surface area contributed by atoms with Gasteiger partial charge in [0.15, 0.2) is 5.03 Å². The molecule has 2 rings (SSSR count). The molecule has 1 aromatic heterocycles. The lowest BCUT2D eigenvalue weighted by molar-refractivity contribution is 0.471. The Kier molecular flexibility index (Phi) is 2.76. The topological polar surface area (TPSA) is 95.1 Å². The molecule has 0 aliphatic rings. The van der Waals surface area contributed by atoms with Gasteiger partial charge in [0.25, 0.3) is 10.0 Å². The number of nitrogens with one attached hydrogen (secondary N) is 2. The first-order valence-electron chi connectivity index (χ1n) is 4.80. The smallest absolute Gasteiger partial charge is 0.278 e. The number of nitrogens with zero attached hydrogens (tertiary/aromatic N) is 1. The molecule has 0 atom stereocenters.